The van der Waals surface area contributed by atoms with E-state index in [0.717, 1.165) is 25.9 Å². The van der Waals surface area contributed by atoms with Gasteiger partial charge in [-0.2, -0.15) is 0 Å². The quantitative estimate of drug-likeness (QED) is 0.814. The summed E-state index contributed by atoms with van der Waals surface area (Å²) in [7, 11) is 0. The molecule has 0 atom stereocenters. The van der Waals surface area contributed by atoms with Gasteiger partial charge in [0.15, 0.2) is 0 Å². The molecule has 0 amide bonds. The Morgan fingerprint density at radius 2 is 2.11 bits per heavy atom. The van der Waals surface area contributed by atoms with Crippen LogP contribution in [0.3, 0.4) is 0 Å². The molecule has 18 heavy (non-hydrogen) atoms. The van der Waals surface area contributed by atoms with Crippen molar-refractivity contribution in [2.75, 3.05) is 13.1 Å². The van der Waals surface area contributed by atoms with Crippen molar-refractivity contribution >= 4 is 17.2 Å². The highest BCUT2D eigenvalue weighted by molar-refractivity contribution is 7.80. The molecule has 5 heteroatoms. The summed E-state index contributed by atoms with van der Waals surface area (Å²) < 4.78 is 13.9. The molecule has 3 nitrogen and oxygen atoms in total. The van der Waals surface area contributed by atoms with Crippen LogP contribution in [-0.4, -0.2) is 34.2 Å². The molecule has 0 bridgehead atoms. The van der Waals surface area contributed by atoms with E-state index < -0.39 is 0 Å². The van der Waals surface area contributed by atoms with Crippen molar-refractivity contribution in [2.45, 2.75) is 25.5 Å². The molecule has 0 saturated carbocycles. The van der Waals surface area contributed by atoms with Gasteiger partial charge in [0.25, 0.3) is 0 Å². The van der Waals surface area contributed by atoms with Crippen molar-refractivity contribution in [1.29, 1.82) is 0 Å². The van der Waals surface area contributed by atoms with Gasteiger partial charge in [-0.15, -0.1) is 0 Å². The molecule has 1 aromatic rings. The Kier molecular flexibility index (Phi) is 4.27. The van der Waals surface area contributed by atoms with E-state index in [1.54, 1.807) is 12.1 Å². The number of hydrogen-bond acceptors (Lipinski definition) is 3. The zero-order valence-corrected chi connectivity index (χ0v) is 10.9. The first-order valence-electron chi connectivity index (χ1n) is 6.05. The maximum absolute atomic E-state index is 13.9. The second-order valence-corrected chi connectivity index (χ2v) is 5.12. The monoisotopic (exact) mass is 268 g/mol. The highest BCUT2D eigenvalue weighted by Gasteiger charge is 2.18. The summed E-state index contributed by atoms with van der Waals surface area (Å²) in [5.41, 5.74) is 6.66. The molecule has 0 radical (unpaired) electrons. The van der Waals surface area contributed by atoms with Crippen LogP contribution in [0, 0.1) is 5.82 Å². The minimum Gasteiger partial charge on any atom is -0.393 e. The Morgan fingerprint density at radius 1 is 1.44 bits per heavy atom. The topological polar surface area (TPSA) is 49.5 Å². The lowest BCUT2D eigenvalue weighted by Gasteiger charge is -2.29. The minimum atomic E-state index is -0.272. The van der Waals surface area contributed by atoms with Crippen LogP contribution in [0.2, 0.25) is 0 Å². The number of nitrogens with two attached hydrogens (primary N) is 1. The van der Waals surface area contributed by atoms with Crippen LogP contribution >= 0.6 is 12.2 Å². The highest BCUT2D eigenvalue weighted by Crippen LogP contribution is 2.17. The molecule has 1 aliphatic rings. The Labute approximate surface area is 111 Å². The van der Waals surface area contributed by atoms with Crippen LogP contribution in [0.25, 0.3) is 0 Å². The SMILES string of the molecule is NC(=S)c1ccc(CN2CCC(O)CC2)c(F)c1. The molecule has 3 N–H and O–H groups in total. The van der Waals surface area contributed by atoms with Gasteiger partial charge < -0.3 is 10.8 Å². The largest absolute Gasteiger partial charge is 0.393 e. The highest BCUT2D eigenvalue weighted by atomic mass is 32.1. The average molecular weight is 268 g/mol. The van der Waals surface area contributed by atoms with Crippen LogP contribution in [-0.2, 0) is 6.54 Å². The van der Waals surface area contributed by atoms with Gasteiger partial charge in [0.1, 0.15) is 10.8 Å². The van der Waals surface area contributed by atoms with E-state index in [2.05, 4.69) is 4.90 Å². The molecule has 0 spiro atoms. The fourth-order valence-corrected chi connectivity index (χ4v) is 2.27. The summed E-state index contributed by atoms with van der Waals surface area (Å²) in [6, 6.07) is 4.87. The third-order valence-electron chi connectivity index (χ3n) is 3.29. The number of halogens is 1. The van der Waals surface area contributed by atoms with Gasteiger partial charge in [0.2, 0.25) is 0 Å². The molecule has 1 fully saturated rings. The number of aliphatic hydroxyl groups is 1. The first kappa shape index (κ1) is 13.4. The van der Waals surface area contributed by atoms with Crippen LogP contribution in [0.5, 0.6) is 0 Å². The van der Waals surface area contributed by atoms with Crippen molar-refractivity contribution in [3.05, 3.63) is 35.1 Å². The smallest absolute Gasteiger partial charge is 0.128 e. The lowest BCUT2D eigenvalue weighted by molar-refractivity contribution is 0.0787. The van der Waals surface area contributed by atoms with Gasteiger partial charge >= 0.3 is 0 Å². The molecule has 1 heterocycles. The first-order chi connectivity index (χ1) is 8.56. The van der Waals surface area contributed by atoms with Crippen LogP contribution in [0.1, 0.15) is 24.0 Å². The number of likely N-dealkylation sites (tertiary alicyclic amines) is 1. The zero-order valence-electron chi connectivity index (χ0n) is 10.1. The Morgan fingerprint density at radius 3 is 2.67 bits per heavy atom. The molecule has 0 aliphatic carbocycles. The summed E-state index contributed by atoms with van der Waals surface area (Å²) in [5, 5.41) is 9.42. The van der Waals surface area contributed by atoms with E-state index in [4.69, 9.17) is 18.0 Å². The number of rotatable bonds is 3. The predicted octanol–water partition coefficient (Wildman–Crippen LogP) is 1.42. The van der Waals surface area contributed by atoms with Crippen molar-refractivity contribution in [1.82, 2.24) is 4.90 Å². The number of piperidine rings is 1. The maximum atomic E-state index is 13.9. The van der Waals surface area contributed by atoms with Crippen molar-refractivity contribution in [3.63, 3.8) is 0 Å². The van der Waals surface area contributed by atoms with Gasteiger partial charge in [-0.3, -0.25) is 4.90 Å². The molecule has 1 saturated heterocycles. The standard InChI is InChI=1S/C13H17FN2OS/c14-12-7-9(13(15)18)1-2-10(12)8-16-5-3-11(17)4-6-16/h1-2,7,11,17H,3-6,8H2,(H2,15,18). The molecule has 1 aromatic carbocycles. The van der Waals surface area contributed by atoms with Gasteiger partial charge in [-0.05, 0) is 18.9 Å². The average Bonchev–Trinajstić information content (AvgIpc) is 2.34. The number of thiocarbonyl (C=S) groups is 1. The third kappa shape index (κ3) is 3.25. The van der Waals surface area contributed by atoms with Crippen molar-refractivity contribution in [3.8, 4) is 0 Å². The normalized spacial score (nSPS) is 17.9. The summed E-state index contributed by atoms with van der Waals surface area (Å²) >= 11 is 4.81. The fourth-order valence-electron chi connectivity index (χ4n) is 2.15. The third-order valence-corrected chi connectivity index (χ3v) is 3.52. The van der Waals surface area contributed by atoms with Gasteiger partial charge in [-0.1, -0.05) is 24.4 Å². The number of nitrogens with zero attached hydrogens (tertiary/aromatic N) is 1. The molecule has 98 valence electrons. The van der Waals surface area contributed by atoms with E-state index >= 15 is 0 Å². The Balaban J connectivity index is 2.03. The van der Waals surface area contributed by atoms with E-state index in [9.17, 15) is 9.50 Å². The molecule has 0 unspecified atom stereocenters. The second kappa shape index (κ2) is 5.73. The maximum Gasteiger partial charge on any atom is 0.128 e. The number of benzene rings is 1. The number of aliphatic hydroxyl groups excluding tert-OH is 1. The first-order valence-corrected chi connectivity index (χ1v) is 6.45. The van der Waals surface area contributed by atoms with Crippen molar-refractivity contribution < 1.29 is 9.50 Å². The van der Waals surface area contributed by atoms with E-state index in [1.807, 2.05) is 0 Å². The predicted molar refractivity (Wildman–Crippen MR) is 72.8 cm³/mol. The van der Waals surface area contributed by atoms with Gasteiger partial charge in [0, 0.05) is 30.8 Å². The van der Waals surface area contributed by atoms with Gasteiger partial charge in [0.05, 0.1) is 6.10 Å². The van der Waals surface area contributed by atoms with Crippen molar-refractivity contribution in [2.24, 2.45) is 5.73 Å². The molecule has 0 aromatic heterocycles. The lowest BCUT2D eigenvalue weighted by atomic mass is 10.1. The molecular weight excluding hydrogens is 251 g/mol. The molecule has 1 aliphatic heterocycles. The summed E-state index contributed by atoms with van der Waals surface area (Å²) in [6.45, 7) is 2.17. The summed E-state index contributed by atoms with van der Waals surface area (Å²) in [6.07, 6.45) is 1.31. The number of hydrogen-bond donors (Lipinski definition) is 2. The molecular formula is C13H17FN2OS. The van der Waals surface area contributed by atoms with Crippen LogP contribution in [0.15, 0.2) is 18.2 Å². The van der Waals surface area contributed by atoms with Gasteiger partial charge in [-0.25, -0.2) is 4.39 Å². The lowest BCUT2D eigenvalue weighted by Crippen LogP contribution is -2.35. The minimum absolute atomic E-state index is 0.205. The fraction of sp³-hybridized carbons (Fsp3) is 0.462. The Bertz CT molecular complexity index is 445. The van der Waals surface area contributed by atoms with Crippen LogP contribution in [0.4, 0.5) is 4.39 Å². The summed E-state index contributed by atoms with van der Waals surface area (Å²) in [4.78, 5) is 2.35. The van der Waals surface area contributed by atoms with E-state index in [1.165, 1.54) is 6.07 Å². The van der Waals surface area contributed by atoms with E-state index in [-0.39, 0.29) is 16.9 Å². The van der Waals surface area contributed by atoms with Crippen LogP contribution < -0.4 is 5.73 Å². The zero-order chi connectivity index (χ0) is 13.1. The second-order valence-electron chi connectivity index (χ2n) is 4.68. The molecule has 2 rings (SSSR count). The Hall–Kier alpha value is -1.04. The van der Waals surface area contributed by atoms with E-state index in [0.29, 0.717) is 17.7 Å². The summed E-state index contributed by atoms with van der Waals surface area (Å²) in [5.74, 6) is -0.272.